The first-order valence-electron chi connectivity index (χ1n) is 10.3. The van der Waals surface area contributed by atoms with Crippen molar-refractivity contribution in [2.45, 2.75) is 19.4 Å². The van der Waals surface area contributed by atoms with Gasteiger partial charge in [0.2, 0.25) is 5.75 Å². The minimum Gasteiger partial charge on any atom is -0.500 e. The number of para-hydroxylation sites is 2. The number of ether oxygens (including phenoxy) is 2. The van der Waals surface area contributed by atoms with Crippen LogP contribution in [-0.2, 0) is 14.3 Å². The standard InChI is InChI=1S/C23H23N3O7/c1-11-8-15-19(22(28)18(11)23(29)33-3)20(25-14-7-5-4-6-13(14)24-15)12-9-16(26(30)31)21(27)17(10-12)32-2/h4-7,9-11,18,20,24-25,27H,8H2,1-3H3/t11-,18-,20-/m1/s1. The molecule has 2 aliphatic rings. The second kappa shape index (κ2) is 8.45. The molecule has 3 atom stereocenters. The fourth-order valence-electron chi connectivity index (χ4n) is 4.46. The fourth-order valence-corrected chi connectivity index (χ4v) is 4.46. The highest BCUT2D eigenvalue weighted by Gasteiger charge is 2.44. The summed E-state index contributed by atoms with van der Waals surface area (Å²) in [5.41, 5.74) is 2.06. The maximum absolute atomic E-state index is 13.6. The molecule has 1 heterocycles. The molecule has 0 radical (unpaired) electrons. The van der Waals surface area contributed by atoms with E-state index < -0.39 is 40.1 Å². The molecule has 0 saturated carbocycles. The number of hydrogen-bond acceptors (Lipinski definition) is 9. The number of ketones is 1. The van der Waals surface area contributed by atoms with Crippen molar-refractivity contribution in [3.63, 3.8) is 0 Å². The topological polar surface area (TPSA) is 140 Å². The molecule has 0 aromatic heterocycles. The Morgan fingerprint density at radius 3 is 2.55 bits per heavy atom. The van der Waals surface area contributed by atoms with E-state index in [9.17, 15) is 24.8 Å². The molecule has 1 aliphatic carbocycles. The van der Waals surface area contributed by atoms with Crippen LogP contribution in [0.4, 0.5) is 17.1 Å². The molecule has 10 heteroatoms. The summed E-state index contributed by atoms with van der Waals surface area (Å²) >= 11 is 0. The van der Waals surface area contributed by atoms with Crippen LogP contribution >= 0.6 is 0 Å². The van der Waals surface area contributed by atoms with Crippen molar-refractivity contribution in [1.82, 2.24) is 0 Å². The normalized spacial score (nSPS) is 21.7. The largest absolute Gasteiger partial charge is 0.500 e. The number of nitro benzene ring substituents is 1. The van der Waals surface area contributed by atoms with Gasteiger partial charge in [-0.2, -0.15) is 0 Å². The Morgan fingerprint density at radius 1 is 1.21 bits per heavy atom. The van der Waals surface area contributed by atoms with Gasteiger partial charge in [-0.1, -0.05) is 19.1 Å². The van der Waals surface area contributed by atoms with Gasteiger partial charge in [0, 0.05) is 17.3 Å². The molecule has 0 unspecified atom stereocenters. The Hall–Kier alpha value is -4.08. The van der Waals surface area contributed by atoms with Crippen LogP contribution in [0.15, 0.2) is 47.7 Å². The van der Waals surface area contributed by atoms with E-state index in [1.165, 1.54) is 26.4 Å². The van der Waals surface area contributed by atoms with Gasteiger partial charge in [0.25, 0.3) is 0 Å². The van der Waals surface area contributed by atoms with Crippen molar-refractivity contribution in [2.24, 2.45) is 11.8 Å². The number of phenols is 1. The van der Waals surface area contributed by atoms with Gasteiger partial charge in [0.15, 0.2) is 11.5 Å². The molecule has 3 N–H and O–H groups in total. The van der Waals surface area contributed by atoms with E-state index in [0.717, 1.165) is 5.69 Å². The van der Waals surface area contributed by atoms with E-state index in [1.54, 1.807) is 6.92 Å². The van der Waals surface area contributed by atoms with Crippen LogP contribution in [0.1, 0.15) is 24.9 Å². The highest BCUT2D eigenvalue weighted by molar-refractivity contribution is 6.11. The number of carbonyl (C=O) groups is 2. The predicted octanol–water partition coefficient (Wildman–Crippen LogP) is 3.54. The monoisotopic (exact) mass is 453 g/mol. The summed E-state index contributed by atoms with van der Waals surface area (Å²) in [5.74, 6) is -3.09. The van der Waals surface area contributed by atoms with Crippen molar-refractivity contribution < 1.29 is 29.1 Å². The third-order valence-electron chi connectivity index (χ3n) is 6.05. The molecule has 0 bridgehead atoms. The quantitative estimate of drug-likeness (QED) is 0.274. The second-order valence-corrected chi connectivity index (χ2v) is 8.03. The van der Waals surface area contributed by atoms with E-state index in [4.69, 9.17) is 9.47 Å². The third-order valence-corrected chi connectivity index (χ3v) is 6.05. The van der Waals surface area contributed by atoms with Crippen molar-refractivity contribution in [2.75, 3.05) is 24.9 Å². The summed E-state index contributed by atoms with van der Waals surface area (Å²) < 4.78 is 10.0. The van der Waals surface area contributed by atoms with E-state index in [2.05, 4.69) is 10.6 Å². The molecular weight excluding hydrogens is 430 g/mol. The molecule has 0 amide bonds. The summed E-state index contributed by atoms with van der Waals surface area (Å²) in [7, 11) is 2.52. The number of aromatic hydroxyl groups is 1. The van der Waals surface area contributed by atoms with Crippen molar-refractivity contribution >= 4 is 28.8 Å². The number of rotatable bonds is 4. The minimum absolute atomic E-state index is 0.102. The van der Waals surface area contributed by atoms with Crippen LogP contribution in [0, 0.1) is 22.0 Å². The first kappa shape index (κ1) is 22.1. The van der Waals surface area contributed by atoms with Gasteiger partial charge in [-0.05, 0) is 36.1 Å². The zero-order valence-corrected chi connectivity index (χ0v) is 18.2. The number of nitro groups is 1. The number of nitrogens with one attached hydrogen (secondary N) is 2. The minimum atomic E-state index is -1.00. The van der Waals surface area contributed by atoms with Gasteiger partial charge in [-0.25, -0.2) is 0 Å². The van der Waals surface area contributed by atoms with Crippen molar-refractivity contribution in [3.05, 3.63) is 63.3 Å². The van der Waals surface area contributed by atoms with Crippen LogP contribution < -0.4 is 15.4 Å². The van der Waals surface area contributed by atoms with Crippen LogP contribution in [-0.4, -0.2) is 36.0 Å². The molecule has 10 nitrogen and oxygen atoms in total. The van der Waals surface area contributed by atoms with Gasteiger partial charge in [0.05, 0.1) is 36.6 Å². The number of methoxy groups -OCH3 is 2. The average Bonchev–Trinajstić information content (AvgIpc) is 2.95. The van der Waals surface area contributed by atoms with Crippen LogP contribution in [0.25, 0.3) is 0 Å². The zero-order valence-electron chi connectivity index (χ0n) is 18.2. The number of allylic oxidation sites excluding steroid dienone is 1. The first-order valence-corrected chi connectivity index (χ1v) is 10.3. The Kier molecular flexibility index (Phi) is 5.67. The lowest BCUT2D eigenvalue weighted by atomic mass is 9.74. The number of hydrogen-bond donors (Lipinski definition) is 3. The number of benzene rings is 2. The molecule has 172 valence electrons. The summed E-state index contributed by atoms with van der Waals surface area (Å²) in [4.78, 5) is 37.0. The summed E-state index contributed by atoms with van der Waals surface area (Å²) in [6, 6.07) is 9.10. The van der Waals surface area contributed by atoms with E-state index >= 15 is 0 Å². The lowest BCUT2D eigenvalue weighted by molar-refractivity contribution is -0.386. The molecule has 1 aliphatic heterocycles. The van der Waals surface area contributed by atoms with Crippen molar-refractivity contribution in [1.29, 1.82) is 0 Å². The summed E-state index contributed by atoms with van der Waals surface area (Å²) in [5, 5.41) is 28.4. The Morgan fingerprint density at radius 2 is 1.91 bits per heavy atom. The smallest absolute Gasteiger partial charge is 0.316 e. The highest BCUT2D eigenvalue weighted by atomic mass is 16.6. The summed E-state index contributed by atoms with van der Waals surface area (Å²) in [6.07, 6.45) is 0.394. The van der Waals surface area contributed by atoms with Crippen LogP contribution in [0.5, 0.6) is 11.5 Å². The third kappa shape index (κ3) is 3.73. The van der Waals surface area contributed by atoms with Gasteiger partial charge in [-0.3, -0.25) is 19.7 Å². The average molecular weight is 453 g/mol. The molecule has 2 aromatic rings. The van der Waals surface area contributed by atoms with Crippen LogP contribution in [0.3, 0.4) is 0 Å². The van der Waals surface area contributed by atoms with Gasteiger partial charge < -0.3 is 25.2 Å². The number of anilines is 2. The van der Waals surface area contributed by atoms with E-state index in [1.807, 2.05) is 24.3 Å². The molecule has 4 rings (SSSR count). The molecule has 0 saturated heterocycles. The summed E-state index contributed by atoms with van der Waals surface area (Å²) in [6.45, 7) is 1.80. The lowest BCUT2D eigenvalue weighted by Gasteiger charge is -2.32. The zero-order chi connectivity index (χ0) is 23.9. The Labute approximate surface area is 189 Å². The molecule has 0 spiro atoms. The fraction of sp³-hybridized carbons (Fsp3) is 0.304. The highest BCUT2D eigenvalue weighted by Crippen LogP contribution is 2.46. The first-order chi connectivity index (χ1) is 15.8. The molecule has 2 aromatic carbocycles. The second-order valence-electron chi connectivity index (χ2n) is 8.03. The van der Waals surface area contributed by atoms with Gasteiger partial charge >= 0.3 is 11.7 Å². The number of Topliss-reactive ketones (excluding diaryl/α,β-unsaturated/α-hetero) is 1. The lowest BCUT2D eigenvalue weighted by Crippen LogP contribution is -2.39. The SMILES string of the molecule is COC(=O)[C@H]1C(=O)C2=C(C[C@H]1C)Nc1ccccc1N[C@@H]2c1cc(OC)c(O)c([N+](=O)[O-])c1. The van der Waals surface area contributed by atoms with Crippen molar-refractivity contribution in [3.8, 4) is 11.5 Å². The van der Waals surface area contributed by atoms with E-state index in [-0.39, 0.29) is 17.2 Å². The van der Waals surface area contributed by atoms with Gasteiger partial charge in [0.1, 0.15) is 5.92 Å². The Balaban J connectivity index is 1.94. The Bertz CT molecular complexity index is 1190. The number of phenolic OH excluding ortho intramolecular Hbond substituents is 1. The maximum atomic E-state index is 13.6. The molecular formula is C23H23N3O7. The maximum Gasteiger partial charge on any atom is 0.316 e. The van der Waals surface area contributed by atoms with Crippen LogP contribution in [0.2, 0.25) is 0 Å². The molecule has 33 heavy (non-hydrogen) atoms. The number of fused-ring (bicyclic) bond motifs is 1. The van der Waals surface area contributed by atoms with E-state index in [0.29, 0.717) is 23.4 Å². The number of carbonyl (C=O) groups excluding carboxylic acids is 2. The van der Waals surface area contributed by atoms with Gasteiger partial charge in [-0.15, -0.1) is 0 Å². The molecule has 0 fully saturated rings. The number of esters is 1. The predicted molar refractivity (Wildman–Crippen MR) is 119 cm³/mol. The number of nitrogens with zero attached hydrogens (tertiary/aromatic N) is 1.